The molecule has 6 heteroatoms. The summed E-state index contributed by atoms with van der Waals surface area (Å²) in [6, 6.07) is 12.5. The normalized spacial score (nSPS) is 11.0. The summed E-state index contributed by atoms with van der Waals surface area (Å²) in [6.45, 7) is 4.58. The van der Waals surface area contributed by atoms with Crippen LogP contribution in [-0.4, -0.2) is 32.4 Å². The van der Waals surface area contributed by atoms with Gasteiger partial charge in [0.1, 0.15) is 5.75 Å². The average molecular weight is 356 g/mol. The Morgan fingerprint density at radius 1 is 1.00 bits per heavy atom. The van der Waals surface area contributed by atoms with E-state index in [1.165, 1.54) is 7.11 Å². The van der Waals surface area contributed by atoms with Crippen LogP contribution in [0.3, 0.4) is 0 Å². The third kappa shape index (κ3) is 4.99. The number of rotatable bonds is 8. The quantitative estimate of drug-likeness (QED) is 0.579. The zero-order valence-electron chi connectivity index (χ0n) is 15.5. The SMILES string of the molecule is CCCOc1ccc(/C(C)=N\NC(=O)c2ccc(OC)c(OC)c2)cc1. The van der Waals surface area contributed by atoms with Crippen LogP contribution < -0.4 is 19.6 Å². The highest BCUT2D eigenvalue weighted by molar-refractivity contribution is 6.01. The van der Waals surface area contributed by atoms with Gasteiger partial charge in [-0.05, 0) is 61.4 Å². The summed E-state index contributed by atoms with van der Waals surface area (Å²) < 4.78 is 15.9. The van der Waals surface area contributed by atoms with Crippen LogP contribution in [0, 0.1) is 0 Å². The van der Waals surface area contributed by atoms with Gasteiger partial charge in [-0.1, -0.05) is 6.92 Å². The largest absolute Gasteiger partial charge is 0.494 e. The lowest BCUT2D eigenvalue weighted by atomic mass is 10.1. The second kappa shape index (κ2) is 9.46. The first-order chi connectivity index (χ1) is 12.6. The van der Waals surface area contributed by atoms with Crippen LogP contribution in [0.2, 0.25) is 0 Å². The second-order valence-corrected chi connectivity index (χ2v) is 5.58. The summed E-state index contributed by atoms with van der Waals surface area (Å²) in [5.41, 5.74) is 4.59. The summed E-state index contributed by atoms with van der Waals surface area (Å²) >= 11 is 0. The van der Waals surface area contributed by atoms with Crippen molar-refractivity contribution >= 4 is 11.6 Å². The first-order valence-electron chi connectivity index (χ1n) is 8.39. The molecule has 2 rings (SSSR count). The Bertz CT molecular complexity index is 770. The number of carbonyl (C=O) groups is 1. The van der Waals surface area contributed by atoms with Crippen LogP contribution in [0.1, 0.15) is 36.2 Å². The van der Waals surface area contributed by atoms with Gasteiger partial charge in [-0.15, -0.1) is 0 Å². The Morgan fingerprint density at radius 2 is 1.65 bits per heavy atom. The van der Waals surface area contributed by atoms with Crippen molar-refractivity contribution in [3.63, 3.8) is 0 Å². The lowest BCUT2D eigenvalue weighted by Gasteiger charge is -2.09. The lowest BCUT2D eigenvalue weighted by Crippen LogP contribution is -2.19. The molecule has 0 atom stereocenters. The zero-order valence-corrected chi connectivity index (χ0v) is 15.5. The molecule has 1 N–H and O–H groups in total. The second-order valence-electron chi connectivity index (χ2n) is 5.58. The Balaban J connectivity index is 2.04. The summed E-state index contributed by atoms with van der Waals surface area (Å²) in [4.78, 5) is 12.3. The monoisotopic (exact) mass is 356 g/mol. The van der Waals surface area contributed by atoms with Crippen molar-refractivity contribution < 1.29 is 19.0 Å². The van der Waals surface area contributed by atoms with Crippen molar-refractivity contribution in [1.82, 2.24) is 5.43 Å². The van der Waals surface area contributed by atoms with Gasteiger partial charge in [-0.3, -0.25) is 4.79 Å². The highest BCUT2D eigenvalue weighted by Crippen LogP contribution is 2.27. The number of carbonyl (C=O) groups excluding carboxylic acids is 1. The van der Waals surface area contributed by atoms with Gasteiger partial charge in [-0.2, -0.15) is 5.10 Å². The van der Waals surface area contributed by atoms with Crippen molar-refractivity contribution in [2.24, 2.45) is 5.10 Å². The molecule has 0 saturated heterocycles. The van der Waals surface area contributed by atoms with Gasteiger partial charge in [0, 0.05) is 5.56 Å². The summed E-state index contributed by atoms with van der Waals surface area (Å²) in [6.07, 6.45) is 0.963. The molecular weight excluding hydrogens is 332 g/mol. The topological polar surface area (TPSA) is 69.2 Å². The molecule has 0 heterocycles. The number of hydrazone groups is 1. The van der Waals surface area contributed by atoms with Gasteiger partial charge in [0.05, 0.1) is 26.5 Å². The van der Waals surface area contributed by atoms with E-state index in [4.69, 9.17) is 14.2 Å². The maximum absolute atomic E-state index is 12.3. The molecule has 0 spiro atoms. The molecule has 6 nitrogen and oxygen atoms in total. The van der Waals surface area contributed by atoms with Crippen molar-refractivity contribution in [3.8, 4) is 17.2 Å². The number of methoxy groups -OCH3 is 2. The van der Waals surface area contributed by atoms with Crippen LogP contribution in [0.5, 0.6) is 17.2 Å². The van der Waals surface area contributed by atoms with Crippen LogP contribution in [0.15, 0.2) is 47.6 Å². The van der Waals surface area contributed by atoms with E-state index in [9.17, 15) is 4.79 Å². The molecule has 0 aliphatic heterocycles. The first kappa shape index (κ1) is 19.3. The fourth-order valence-corrected chi connectivity index (χ4v) is 2.25. The molecule has 2 aromatic carbocycles. The van der Waals surface area contributed by atoms with Crippen molar-refractivity contribution in [2.45, 2.75) is 20.3 Å². The van der Waals surface area contributed by atoms with Crippen LogP contribution >= 0.6 is 0 Å². The molecule has 26 heavy (non-hydrogen) atoms. The molecular formula is C20H24N2O4. The standard InChI is InChI=1S/C20H24N2O4/c1-5-12-26-17-9-6-15(7-10-17)14(2)21-22-20(23)16-8-11-18(24-3)19(13-16)25-4/h6-11,13H,5,12H2,1-4H3,(H,22,23)/b21-14-. The first-order valence-corrected chi connectivity index (χ1v) is 8.39. The molecule has 1 amide bonds. The fraction of sp³-hybridized carbons (Fsp3) is 0.300. The summed E-state index contributed by atoms with van der Waals surface area (Å²) in [5, 5.41) is 4.16. The molecule has 0 bridgehead atoms. The third-order valence-electron chi connectivity index (χ3n) is 3.72. The van der Waals surface area contributed by atoms with Crippen LogP contribution in [0.4, 0.5) is 0 Å². The number of hydrogen-bond donors (Lipinski definition) is 1. The van der Waals surface area contributed by atoms with E-state index in [-0.39, 0.29) is 5.91 Å². The minimum Gasteiger partial charge on any atom is -0.494 e. The van der Waals surface area contributed by atoms with Crippen molar-refractivity contribution in [1.29, 1.82) is 0 Å². The third-order valence-corrected chi connectivity index (χ3v) is 3.72. The van der Waals surface area contributed by atoms with E-state index in [0.717, 1.165) is 17.7 Å². The van der Waals surface area contributed by atoms with E-state index in [1.807, 2.05) is 31.2 Å². The Kier molecular flexibility index (Phi) is 7.02. The maximum Gasteiger partial charge on any atom is 0.271 e. The fourth-order valence-electron chi connectivity index (χ4n) is 2.25. The summed E-state index contributed by atoms with van der Waals surface area (Å²) in [5.74, 6) is 1.54. The van der Waals surface area contributed by atoms with Gasteiger partial charge < -0.3 is 14.2 Å². The molecule has 0 fully saturated rings. The van der Waals surface area contributed by atoms with Gasteiger partial charge in [0.2, 0.25) is 0 Å². The molecule has 2 aromatic rings. The van der Waals surface area contributed by atoms with Gasteiger partial charge in [-0.25, -0.2) is 5.43 Å². The molecule has 0 radical (unpaired) electrons. The van der Waals surface area contributed by atoms with Crippen LogP contribution in [-0.2, 0) is 0 Å². The molecule has 0 unspecified atom stereocenters. The Hall–Kier alpha value is -3.02. The number of ether oxygens (including phenoxy) is 3. The number of nitrogens with zero attached hydrogens (tertiary/aromatic N) is 1. The molecule has 138 valence electrons. The predicted molar refractivity (Wildman–Crippen MR) is 101 cm³/mol. The van der Waals surface area contributed by atoms with Gasteiger partial charge >= 0.3 is 0 Å². The van der Waals surface area contributed by atoms with E-state index in [0.29, 0.717) is 29.4 Å². The van der Waals surface area contributed by atoms with E-state index >= 15 is 0 Å². The Morgan fingerprint density at radius 3 is 2.27 bits per heavy atom. The number of nitrogens with one attached hydrogen (secondary N) is 1. The van der Waals surface area contributed by atoms with Gasteiger partial charge in [0.25, 0.3) is 5.91 Å². The molecule has 0 aliphatic carbocycles. The predicted octanol–water partition coefficient (Wildman–Crippen LogP) is 3.65. The van der Waals surface area contributed by atoms with Crippen molar-refractivity contribution in [2.75, 3.05) is 20.8 Å². The number of amides is 1. The minimum atomic E-state index is -0.326. The lowest BCUT2D eigenvalue weighted by molar-refractivity contribution is 0.0954. The summed E-state index contributed by atoms with van der Waals surface area (Å²) in [7, 11) is 3.07. The van der Waals surface area contributed by atoms with Crippen molar-refractivity contribution in [3.05, 3.63) is 53.6 Å². The smallest absolute Gasteiger partial charge is 0.271 e. The molecule has 0 aromatic heterocycles. The maximum atomic E-state index is 12.3. The number of hydrogen-bond acceptors (Lipinski definition) is 5. The van der Waals surface area contributed by atoms with Crippen LogP contribution in [0.25, 0.3) is 0 Å². The molecule has 0 aliphatic rings. The number of benzene rings is 2. The van der Waals surface area contributed by atoms with E-state index in [1.54, 1.807) is 25.3 Å². The minimum absolute atomic E-state index is 0.326. The van der Waals surface area contributed by atoms with E-state index in [2.05, 4.69) is 17.5 Å². The van der Waals surface area contributed by atoms with Gasteiger partial charge in [0.15, 0.2) is 11.5 Å². The highest BCUT2D eigenvalue weighted by Gasteiger charge is 2.10. The highest BCUT2D eigenvalue weighted by atomic mass is 16.5. The average Bonchev–Trinajstić information content (AvgIpc) is 2.69. The zero-order chi connectivity index (χ0) is 18.9. The Labute approximate surface area is 153 Å². The molecule has 0 saturated carbocycles. The van der Waals surface area contributed by atoms with E-state index < -0.39 is 0 Å².